The maximum Gasteiger partial charge on any atom is 0.409 e. The van der Waals surface area contributed by atoms with Crippen molar-refractivity contribution in [2.75, 3.05) is 19.7 Å². The summed E-state index contributed by atoms with van der Waals surface area (Å²) in [6, 6.07) is 0.0247. The Kier molecular flexibility index (Phi) is 5.74. The molecular formula is C14H19BrClN3O3. The van der Waals surface area contributed by atoms with Crippen molar-refractivity contribution in [2.24, 2.45) is 0 Å². The van der Waals surface area contributed by atoms with E-state index in [1.165, 1.54) is 0 Å². The van der Waals surface area contributed by atoms with Crippen LogP contribution < -0.4 is 5.32 Å². The van der Waals surface area contributed by atoms with Gasteiger partial charge in [-0.3, -0.25) is 4.79 Å². The van der Waals surface area contributed by atoms with E-state index in [4.69, 9.17) is 16.3 Å². The first-order chi connectivity index (χ1) is 10.4. The average molecular weight is 393 g/mol. The topological polar surface area (TPSA) is 74.4 Å². The molecule has 6 nitrogen and oxygen atoms in total. The minimum Gasteiger partial charge on any atom is -0.450 e. The summed E-state index contributed by atoms with van der Waals surface area (Å²) < 4.78 is 5.68. The van der Waals surface area contributed by atoms with Crippen LogP contribution in [0.5, 0.6) is 0 Å². The second kappa shape index (κ2) is 7.37. The molecule has 1 aliphatic heterocycles. The third kappa shape index (κ3) is 3.76. The number of halogens is 2. The lowest BCUT2D eigenvalue weighted by atomic mass is 10.1. The van der Waals surface area contributed by atoms with E-state index in [1.54, 1.807) is 11.8 Å². The molecule has 2 amide bonds. The van der Waals surface area contributed by atoms with Crippen molar-refractivity contribution in [2.45, 2.75) is 32.7 Å². The molecule has 1 aromatic heterocycles. The van der Waals surface area contributed by atoms with Crippen LogP contribution in [0.25, 0.3) is 0 Å². The second-order valence-electron chi connectivity index (χ2n) is 5.19. The molecule has 0 aromatic carbocycles. The number of hydrogen-bond donors (Lipinski definition) is 2. The molecule has 1 aromatic rings. The highest BCUT2D eigenvalue weighted by molar-refractivity contribution is 9.10. The number of likely N-dealkylation sites (tertiary alicyclic amines) is 1. The van der Waals surface area contributed by atoms with Crippen LogP contribution >= 0.6 is 27.5 Å². The zero-order valence-corrected chi connectivity index (χ0v) is 14.9. The number of nitrogens with zero attached hydrogens (tertiary/aromatic N) is 1. The van der Waals surface area contributed by atoms with Crippen molar-refractivity contribution in [3.63, 3.8) is 0 Å². The lowest BCUT2D eigenvalue weighted by Crippen LogP contribution is -2.46. The Bertz CT molecular complexity index is 568. The third-order valence-corrected chi connectivity index (χ3v) is 5.23. The van der Waals surface area contributed by atoms with E-state index in [1.807, 2.05) is 6.92 Å². The zero-order valence-electron chi connectivity index (χ0n) is 12.5. The molecular weight excluding hydrogens is 374 g/mol. The van der Waals surface area contributed by atoms with Crippen LogP contribution in [0.15, 0.2) is 4.47 Å². The number of H-pyrrole nitrogens is 1. The van der Waals surface area contributed by atoms with Gasteiger partial charge in [-0.2, -0.15) is 0 Å². The highest BCUT2D eigenvalue weighted by Gasteiger charge is 2.26. The molecule has 0 radical (unpaired) electrons. The van der Waals surface area contributed by atoms with Crippen LogP contribution in [0.2, 0.25) is 5.02 Å². The van der Waals surface area contributed by atoms with Crippen LogP contribution in [0.3, 0.4) is 0 Å². The zero-order chi connectivity index (χ0) is 16.3. The molecule has 0 spiro atoms. The van der Waals surface area contributed by atoms with Gasteiger partial charge in [-0.25, -0.2) is 4.79 Å². The molecule has 1 fully saturated rings. The van der Waals surface area contributed by atoms with Gasteiger partial charge >= 0.3 is 6.09 Å². The number of aromatic nitrogens is 1. The fourth-order valence-corrected chi connectivity index (χ4v) is 2.98. The summed E-state index contributed by atoms with van der Waals surface area (Å²) in [4.78, 5) is 28.5. The monoisotopic (exact) mass is 391 g/mol. The SMILES string of the molecule is CCOC(=O)N1CCC(NC(=O)c2[nH]c(C)c(Br)c2Cl)CC1. The van der Waals surface area contributed by atoms with E-state index >= 15 is 0 Å². The minimum absolute atomic E-state index is 0.0247. The Morgan fingerprint density at radius 2 is 2.09 bits per heavy atom. The van der Waals surface area contributed by atoms with Gasteiger partial charge in [-0.1, -0.05) is 11.6 Å². The largest absolute Gasteiger partial charge is 0.450 e. The van der Waals surface area contributed by atoms with Gasteiger partial charge in [0.05, 0.1) is 16.1 Å². The Morgan fingerprint density at radius 1 is 1.45 bits per heavy atom. The predicted octanol–water partition coefficient (Wildman–Crippen LogP) is 3.09. The Labute approximate surface area is 142 Å². The number of amides is 2. The molecule has 0 bridgehead atoms. The van der Waals surface area contributed by atoms with Gasteiger partial charge in [-0.15, -0.1) is 0 Å². The smallest absolute Gasteiger partial charge is 0.409 e. The van der Waals surface area contributed by atoms with E-state index in [0.717, 1.165) is 5.69 Å². The second-order valence-corrected chi connectivity index (χ2v) is 6.36. The van der Waals surface area contributed by atoms with Crippen LogP contribution in [0.4, 0.5) is 4.79 Å². The summed E-state index contributed by atoms with van der Waals surface area (Å²) in [5, 5.41) is 3.34. The fourth-order valence-electron chi connectivity index (χ4n) is 2.41. The molecule has 2 heterocycles. The van der Waals surface area contributed by atoms with Crippen molar-refractivity contribution >= 4 is 39.5 Å². The first-order valence-corrected chi connectivity index (χ1v) is 8.37. The molecule has 1 saturated heterocycles. The lowest BCUT2D eigenvalue weighted by molar-refractivity contribution is 0.0857. The summed E-state index contributed by atoms with van der Waals surface area (Å²) in [5.74, 6) is -0.228. The molecule has 122 valence electrons. The molecule has 8 heteroatoms. The number of hydrogen-bond acceptors (Lipinski definition) is 3. The van der Waals surface area contributed by atoms with E-state index in [9.17, 15) is 9.59 Å². The van der Waals surface area contributed by atoms with Gasteiger partial charge in [-0.05, 0) is 42.6 Å². The molecule has 0 saturated carbocycles. The lowest BCUT2D eigenvalue weighted by Gasteiger charge is -2.31. The summed E-state index contributed by atoms with van der Waals surface area (Å²) in [7, 11) is 0. The molecule has 2 N–H and O–H groups in total. The van der Waals surface area contributed by atoms with Gasteiger partial charge < -0.3 is 19.9 Å². The van der Waals surface area contributed by atoms with Gasteiger partial charge in [0.1, 0.15) is 5.69 Å². The highest BCUT2D eigenvalue weighted by atomic mass is 79.9. The maximum atomic E-state index is 12.3. The van der Waals surface area contributed by atoms with E-state index in [-0.39, 0.29) is 18.0 Å². The number of carbonyl (C=O) groups excluding carboxylic acids is 2. The minimum atomic E-state index is -0.292. The number of carbonyl (C=O) groups is 2. The van der Waals surface area contributed by atoms with E-state index < -0.39 is 0 Å². The van der Waals surface area contributed by atoms with Gasteiger partial charge in [0.2, 0.25) is 0 Å². The van der Waals surface area contributed by atoms with Crippen molar-refractivity contribution in [1.29, 1.82) is 0 Å². The number of piperidine rings is 1. The summed E-state index contributed by atoms with van der Waals surface area (Å²) in [6.07, 6.45) is 1.10. The molecule has 1 aliphatic rings. The van der Waals surface area contributed by atoms with Crippen molar-refractivity contribution in [3.05, 3.63) is 20.9 Å². The number of ether oxygens (including phenoxy) is 1. The van der Waals surface area contributed by atoms with Gasteiger partial charge in [0, 0.05) is 24.8 Å². The normalized spacial score (nSPS) is 15.7. The molecule has 0 atom stereocenters. The predicted molar refractivity (Wildman–Crippen MR) is 87.3 cm³/mol. The Morgan fingerprint density at radius 3 is 2.59 bits per heavy atom. The standard InChI is InChI=1S/C14H19BrClN3O3/c1-3-22-14(21)19-6-4-9(5-7-19)18-13(20)12-11(16)10(15)8(2)17-12/h9,17H,3-7H2,1-2H3,(H,18,20). The number of nitrogens with one attached hydrogen (secondary N) is 2. The Hall–Kier alpha value is -1.21. The first-order valence-electron chi connectivity index (χ1n) is 7.20. The van der Waals surface area contributed by atoms with Crippen molar-refractivity contribution < 1.29 is 14.3 Å². The number of aromatic amines is 1. The third-order valence-electron chi connectivity index (χ3n) is 3.64. The molecule has 2 rings (SSSR count). The number of rotatable bonds is 3. The molecule has 0 unspecified atom stereocenters. The van der Waals surface area contributed by atoms with Crippen molar-refractivity contribution in [1.82, 2.24) is 15.2 Å². The summed E-state index contributed by atoms with van der Waals surface area (Å²) in [5.41, 5.74) is 1.17. The quantitative estimate of drug-likeness (QED) is 0.830. The Balaban J connectivity index is 1.89. The van der Waals surface area contributed by atoms with Crippen LogP contribution in [-0.4, -0.2) is 47.6 Å². The maximum absolute atomic E-state index is 12.3. The van der Waals surface area contributed by atoms with E-state index in [0.29, 0.717) is 47.7 Å². The summed E-state index contributed by atoms with van der Waals surface area (Å²) >= 11 is 9.45. The molecule has 0 aliphatic carbocycles. The van der Waals surface area contributed by atoms with Crippen LogP contribution in [-0.2, 0) is 4.74 Å². The molecule has 22 heavy (non-hydrogen) atoms. The fraction of sp³-hybridized carbons (Fsp3) is 0.571. The summed E-state index contributed by atoms with van der Waals surface area (Å²) in [6.45, 7) is 5.14. The first kappa shape index (κ1) is 17.1. The number of aryl methyl sites for hydroxylation is 1. The van der Waals surface area contributed by atoms with Crippen molar-refractivity contribution in [3.8, 4) is 0 Å². The van der Waals surface area contributed by atoms with Gasteiger partial charge in [0.25, 0.3) is 5.91 Å². The van der Waals surface area contributed by atoms with Gasteiger partial charge in [0.15, 0.2) is 0 Å². The highest BCUT2D eigenvalue weighted by Crippen LogP contribution is 2.29. The van der Waals surface area contributed by atoms with Crippen LogP contribution in [0.1, 0.15) is 35.9 Å². The van der Waals surface area contributed by atoms with Crippen LogP contribution in [0, 0.1) is 6.92 Å². The van der Waals surface area contributed by atoms with E-state index in [2.05, 4.69) is 26.2 Å². The average Bonchev–Trinajstić information content (AvgIpc) is 2.76.